The van der Waals surface area contributed by atoms with Gasteiger partial charge in [0.25, 0.3) is 0 Å². The zero-order valence-electron chi connectivity index (χ0n) is 5.75. The molecule has 4 nitrogen and oxygen atoms in total. The molecule has 1 rings (SSSR count). The monoisotopic (exact) mass is 143 g/mol. The molecule has 0 saturated carbocycles. The molecule has 1 unspecified atom stereocenters. The van der Waals surface area contributed by atoms with Crippen LogP contribution in [0.1, 0.15) is 12.8 Å². The summed E-state index contributed by atoms with van der Waals surface area (Å²) >= 11 is 0. The van der Waals surface area contributed by atoms with Crippen molar-refractivity contribution in [3.63, 3.8) is 0 Å². The molecule has 2 N–H and O–H groups in total. The first kappa shape index (κ1) is 7.34. The molecule has 0 bridgehead atoms. The van der Waals surface area contributed by atoms with Gasteiger partial charge in [-0.1, -0.05) is 0 Å². The fourth-order valence-corrected chi connectivity index (χ4v) is 1.18. The van der Waals surface area contributed by atoms with Crippen LogP contribution in [0.2, 0.25) is 0 Å². The van der Waals surface area contributed by atoms with Gasteiger partial charge in [0.15, 0.2) is 0 Å². The highest BCUT2D eigenvalue weighted by Crippen LogP contribution is 2.06. The van der Waals surface area contributed by atoms with E-state index in [2.05, 4.69) is 0 Å². The van der Waals surface area contributed by atoms with Crippen LogP contribution in [0.15, 0.2) is 0 Å². The lowest BCUT2D eigenvalue weighted by atomic mass is 10.1. The Morgan fingerprint density at radius 3 is 2.80 bits per heavy atom. The molecule has 58 valence electrons. The lowest BCUT2D eigenvalue weighted by Crippen LogP contribution is -2.50. The van der Waals surface area contributed by atoms with E-state index in [1.807, 2.05) is 0 Å². The Bertz CT molecular complexity index is 138. The first-order valence-electron chi connectivity index (χ1n) is 3.41. The van der Waals surface area contributed by atoms with E-state index in [0.29, 0.717) is 13.1 Å². The summed E-state index contributed by atoms with van der Waals surface area (Å²) in [6.07, 6.45) is 0.675. The van der Waals surface area contributed by atoms with Crippen molar-refractivity contribution >= 4 is 6.09 Å². The molecule has 0 aromatic heterocycles. The highest BCUT2D eigenvalue weighted by atomic mass is 16.4. The SMILES string of the molecule is NC1CCCN(C(=O)[O-])C1. The quantitative estimate of drug-likeness (QED) is 0.460. The molecular formula is C6H11N2O2-. The number of carbonyl (C=O) groups is 1. The molecule has 10 heavy (non-hydrogen) atoms. The predicted molar refractivity (Wildman–Crippen MR) is 34.2 cm³/mol. The summed E-state index contributed by atoms with van der Waals surface area (Å²) in [7, 11) is 0. The second-order valence-corrected chi connectivity index (χ2v) is 2.61. The van der Waals surface area contributed by atoms with Crippen LogP contribution in [0.5, 0.6) is 0 Å². The maximum atomic E-state index is 10.3. The number of amides is 1. The fourth-order valence-electron chi connectivity index (χ4n) is 1.18. The summed E-state index contributed by atoms with van der Waals surface area (Å²) < 4.78 is 0. The second kappa shape index (κ2) is 2.88. The molecule has 0 radical (unpaired) electrons. The number of carboxylic acid groups (broad SMARTS) is 1. The maximum Gasteiger partial charge on any atom is 0.136 e. The Morgan fingerprint density at radius 1 is 1.70 bits per heavy atom. The van der Waals surface area contributed by atoms with Gasteiger partial charge in [0.05, 0.1) is 0 Å². The molecule has 1 aliphatic rings. The summed E-state index contributed by atoms with van der Waals surface area (Å²) in [4.78, 5) is 11.5. The van der Waals surface area contributed by atoms with E-state index in [9.17, 15) is 9.90 Å². The first-order valence-corrected chi connectivity index (χ1v) is 3.41. The van der Waals surface area contributed by atoms with Gasteiger partial charge in [-0.25, -0.2) is 0 Å². The standard InChI is InChI=1S/C6H12N2O2/c7-5-2-1-3-8(4-5)6(9)10/h5H,1-4,7H2,(H,9,10)/p-1. The minimum Gasteiger partial charge on any atom is -0.530 e. The Labute approximate surface area is 59.6 Å². The number of hydrogen-bond donors (Lipinski definition) is 1. The number of carbonyl (C=O) groups excluding carboxylic acids is 1. The van der Waals surface area contributed by atoms with E-state index in [0.717, 1.165) is 12.8 Å². The molecule has 1 saturated heterocycles. The van der Waals surface area contributed by atoms with Crippen LogP contribution in [0.25, 0.3) is 0 Å². The van der Waals surface area contributed by atoms with E-state index < -0.39 is 6.09 Å². The summed E-state index contributed by atoms with van der Waals surface area (Å²) in [5, 5.41) is 10.3. The Kier molecular flexibility index (Phi) is 2.11. The molecule has 1 amide bonds. The number of nitrogens with zero attached hydrogens (tertiary/aromatic N) is 1. The third kappa shape index (κ3) is 1.60. The van der Waals surface area contributed by atoms with Crippen molar-refractivity contribution in [1.29, 1.82) is 0 Å². The average Bonchev–Trinajstić information content (AvgIpc) is 1.88. The molecule has 0 aliphatic carbocycles. The van der Waals surface area contributed by atoms with Crippen LogP contribution in [0, 0.1) is 0 Å². The number of hydrogen-bond acceptors (Lipinski definition) is 3. The summed E-state index contributed by atoms with van der Waals surface area (Å²) in [5.41, 5.74) is 5.53. The molecule has 4 heteroatoms. The Morgan fingerprint density at radius 2 is 2.40 bits per heavy atom. The minimum absolute atomic E-state index is 0.00616. The third-order valence-corrected chi connectivity index (χ3v) is 1.72. The normalized spacial score (nSPS) is 26.5. The van der Waals surface area contributed by atoms with E-state index in [1.165, 1.54) is 4.90 Å². The van der Waals surface area contributed by atoms with Crippen molar-refractivity contribution in [2.75, 3.05) is 13.1 Å². The van der Waals surface area contributed by atoms with Crippen molar-refractivity contribution in [1.82, 2.24) is 4.90 Å². The van der Waals surface area contributed by atoms with Crippen LogP contribution in [-0.2, 0) is 0 Å². The fraction of sp³-hybridized carbons (Fsp3) is 0.833. The zero-order valence-corrected chi connectivity index (χ0v) is 5.75. The van der Waals surface area contributed by atoms with Crippen molar-refractivity contribution in [2.45, 2.75) is 18.9 Å². The van der Waals surface area contributed by atoms with E-state index >= 15 is 0 Å². The van der Waals surface area contributed by atoms with Gasteiger partial charge in [0.2, 0.25) is 0 Å². The first-order chi connectivity index (χ1) is 4.70. The summed E-state index contributed by atoms with van der Waals surface area (Å²) in [6, 6.07) is 0.00616. The zero-order chi connectivity index (χ0) is 7.56. The summed E-state index contributed by atoms with van der Waals surface area (Å²) in [6.45, 7) is 1.01. The van der Waals surface area contributed by atoms with Gasteiger partial charge in [0, 0.05) is 19.1 Å². The Balaban J connectivity index is 2.39. The van der Waals surface area contributed by atoms with Gasteiger partial charge in [-0.2, -0.15) is 0 Å². The largest absolute Gasteiger partial charge is 0.530 e. The molecular weight excluding hydrogens is 132 g/mol. The molecule has 0 aromatic rings. The predicted octanol–water partition coefficient (Wildman–Crippen LogP) is -1.25. The highest BCUT2D eigenvalue weighted by molar-refractivity contribution is 5.62. The minimum atomic E-state index is -1.10. The third-order valence-electron chi connectivity index (χ3n) is 1.72. The van der Waals surface area contributed by atoms with Crippen molar-refractivity contribution in [2.24, 2.45) is 5.73 Å². The van der Waals surface area contributed by atoms with Crippen LogP contribution in [-0.4, -0.2) is 30.1 Å². The van der Waals surface area contributed by atoms with Crippen LogP contribution < -0.4 is 10.8 Å². The second-order valence-electron chi connectivity index (χ2n) is 2.61. The maximum absolute atomic E-state index is 10.3. The van der Waals surface area contributed by atoms with Gasteiger partial charge in [-0.05, 0) is 12.8 Å². The molecule has 1 atom stereocenters. The molecule has 0 aromatic carbocycles. The summed E-state index contributed by atoms with van der Waals surface area (Å²) in [5.74, 6) is 0. The topological polar surface area (TPSA) is 69.4 Å². The van der Waals surface area contributed by atoms with Crippen LogP contribution >= 0.6 is 0 Å². The Hall–Kier alpha value is -0.770. The number of likely N-dealkylation sites (tertiary alicyclic amines) is 1. The van der Waals surface area contributed by atoms with Gasteiger partial charge in [-0.15, -0.1) is 0 Å². The number of nitrogens with two attached hydrogens (primary N) is 1. The van der Waals surface area contributed by atoms with Crippen LogP contribution in [0.3, 0.4) is 0 Å². The van der Waals surface area contributed by atoms with Crippen molar-refractivity contribution < 1.29 is 9.90 Å². The van der Waals surface area contributed by atoms with Crippen molar-refractivity contribution in [3.05, 3.63) is 0 Å². The highest BCUT2D eigenvalue weighted by Gasteiger charge is 2.15. The average molecular weight is 143 g/mol. The van der Waals surface area contributed by atoms with Gasteiger partial charge >= 0.3 is 0 Å². The smallest absolute Gasteiger partial charge is 0.136 e. The molecule has 1 fully saturated rings. The van der Waals surface area contributed by atoms with Gasteiger partial charge in [0.1, 0.15) is 6.09 Å². The van der Waals surface area contributed by atoms with E-state index in [1.54, 1.807) is 0 Å². The lowest BCUT2D eigenvalue weighted by Gasteiger charge is -2.32. The number of piperidine rings is 1. The van der Waals surface area contributed by atoms with Crippen molar-refractivity contribution in [3.8, 4) is 0 Å². The molecule has 1 aliphatic heterocycles. The van der Waals surface area contributed by atoms with Crippen LogP contribution in [0.4, 0.5) is 4.79 Å². The lowest BCUT2D eigenvalue weighted by molar-refractivity contribution is -0.266. The van der Waals surface area contributed by atoms with Gasteiger partial charge < -0.3 is 20.5 Å². The number of rotatable bonds is 0. The molecule has 1 heterocycles. The van der Waals surface area contributed by atoms with E-state index in [4.69, 9.17) is 5.73 Å². The molecule has 0 spiro atoms. The van der Waals surface area contributed by atoms with E-state index in [-0.39, 0.29) is 6.04 Å². The van der Waals surface area contributed by atoms with Gasteiger partial charge in [-0.3, -0.25) is 0 Å².